The number of carbonyl (C=O) groups excluding carboxylic acids is 1. The molecule has 3 aromatic carbocycles. The van der Waals surface area contributed by atoms with Crippen LogP contribution in [0, 0.1) is 20.8 Å². The molecule has 1 heterocycles. The predicted molar refractivity (Wildman–Crippen MR) is 133 cm³/mol. The number of ether oxygens (including phenoxy) is 1. The number of aryl methyl sites for hydroxylation is 3. The fourth-order valence-corrected chi connectivity index (χ4v) is 4.57. The number of para-hydroxylation sites is 4. The summed E-state index contributed by atoms with van der Waals surface area (Å²) in [4.78, 5) is 20.6. The van der Waals surface area contributed by atoms with Gasteiger partial charge in [-0.05, 0) is 70.0 Å². The van der Waals surface area contributed by atoms with E-state index in [1.165, 1.54) is 0 Å². The third-order valence-electron chi connectivity index (χ3n) is 6.04. The number of hydrogen-bond acceptors (Lipinski definition) is 3. The van der Waals surface area contributed by atoms with Gasteiger partial charge >= 0.3 is 0 Å². The third kappa shape index (κ3) is 4.23. The van der Waals surface area contributed by atoms with Crippen molar-refractivity contribution in [3.05, 3.63) is 88.7 Å². The molecular formula is C28H31N3O2. The third-order valence-corrected chi connectivity index (χ3v) is 6.04. The zero-order valence-corrected chi connectivity index (χ0v) is 20.2. The molecule has 5 heteroatoms. The molecule has 1 amide bonds. The summed E-state index contributed by atoms with van der Waals surface area (Å²) in [5, 5.41) is 0. The maximum absolute atomic E-state index is 13.8. The first-order valence-electron chi connectivity index (χ1n) is 11.3. The van der Waals surface area contributed by atoms with Gasteiger partial charge in [-0.25, -0.2) is 4.98 Å². The van der Waals surface area contributed by atoms with Crippen LogP contribution in [-0.4, -0.2) is 33.5 Å². The lowest BCUT2D eigenvalue weighted by Crippen LogP contribution is -2.38. The van der Waals surface area contributed by atoms with Gasteiger partial charge < -0.3 is 9.64 Å². The highest BCUT2D eigenvalue weighted by Gasteiger charge is 2.25. The van der Waals surface area contributed by atoms with Gasteiger partial charge in [0.1, 0.15) is 11.6 Å². The van der Waals surface area contributed by atoms with E-state index in [0.717, 1.165) is 50.5 Å². The Morgan fingerprint density at radius 3 is 2.30 bits per heavy atom. The first kappa shape index (κ1) is 22.6. The Morgan fingerprint density at radius 2 is 1.64 bits per heavy atom. The maximum atomic E-state index is 13.8. The largest absolute Gasteiger partial charge is 0.495 e. The average Bonchev–Trinajstić information content (AvgIpc) is 3.14. The molecule has 4 aromatic rings. The van der Waals surface area contributed by atoms with Crippen LogP contribution in [0.3, 0.4) is 0 Å². The lowest BCUT2D eigenvalue weighted by molar-refractivity contribution is 0.0683. The Kier molecular flexibility index (Phi) is 6.23. The monoisotopic (exact) mass is 441 g/mol. The molecule has 0 spiro atoms. The number of rotatable bonds is 6. The van der Waals surface area contributed by atoms with Crippen molar-refractivity contribution in [2.45, 2.75) is 47.2 Å². The minimum absolute atomic E-state index is 0.00327. The second kappa shape index (κ2) is 9.10. The summed E-state index contributed by atoms with van der Waals surface area (Å²) in [6.45, 7) is 10.6. The molecule has 0 radical (unpaired) electrons. The van der Waals surface area contributed by atoms with Crippen LogP contribution in [0.2, 0.25) is 0 Å². The number of imidazole rings is 1. The van der Waals surface area contributed by atoms with Gasteiger partial charge in [0.25, 0.3) is 5.91 Å². The molecule has 0 aliphatic heterocycles. The number of methoxy groups -OCH3 is 1. The molecule has 1 aromatic heterocycles. The SMILES string of the molecule is COc1ccccc1-n1c(CN(C(=O)c2c(C)cc(C)cc2C)C(C)C)nc2ccccc21. The van der Waals surface area contributed by atoms with E-state index in [1.54, 1.807) is 7.11 Å². The van der Waals surface area contributed by atoms with Crippen LogP contribution < -0.4 is 4.74 Å². The number of aromatic nitrogens is 2. The lowest BCUT2D eigenvalue weighted by atomic mass is 9.98. The molecule has 0 saturated heterocycles. The summed E-state index contributed by atoms with van der Waals surface area (Å²) in [6, 6.07) is 20.1. The molecule has 0 aliphatic carbocycles. The number of benzene rings is 3. The summed E-state index contributed by atoms with van der Waals surface area (Å²) < 4.78 is 7.76. The normalized spacial score (nSPS) is 11.2. The minimum Gasteiger partial charge on any atom is -0.495 e. The number of hydrogen-bond donors (Lipinski definition) is 0. The summed E-state index contributed by atoms with van der Waals surface area (Å²) in [6.07, 6.45) is 0. The Morgan fingerprint density at radius 1 is 1.00 bits per heavy atom. The molecule has 5 nitrogen and oxygen atoms in total. The summed E-state index contributed by atoms with van der Waals surface area (Å²) in [5.41, 5.74) is 6.71. The van der Waals surface area contributed by atoms with Crippen LogP contribution in [-0.2, 0) is 6.54 Å². The average molecular weight is 442 g/mol. The standard InChI is InChI=1S/C28H31N3O2/c1-18(2)30(28(32)27-20(4)15-19(3)16-21(27)5)17-26-29-22-11-7-8-12-23(22)31(26)24-13-9-10-14-25(24)33-6/h7-16,18H,17H2,1-6H3. The molecule has 4 rings (SSSR count). The van der Waals surface area contributed by atoms with Crippen molar-refractivity contribution in [3.8, 4) is 11.4 Å². The molecule has 0 atom stereocenters. The van der Waals surface area contributed by atoms with Crippen LogP contribution in [0.25, 0.3) is 16.7 Å². The van der Waals surface area contributed by atoms with E-state index in [-0.39, 0.29) is 11.9 Å². The molecule has 0 saturated carbocycles. The fourth-order valence-electron chi connectivity index (χ4n) is 4.57. The molecule has 0 bridgehead atoms. The van der Waals surface area contributed by atoms with Gasteiger partial charge in [0.15, 0.2) is 0 Å². The molecule has 33 heavy (non-hydrogen) atoms. The summed E-state index contributed by atoms with van der Waals surface area (Å²) in [7, 11) is 1.67. The van der Waals surface area contributed by atoms with Crippen molar-refractivity contribution in [1.82, 2.24) is 14.5 Å². The first-order valence-corrected chi connectivity index (χ1v) is 11.3. The number of fused-ring (bicyclic) bond motifs is 1. The van der Waals surface area contributed by atoms with E-state index >= 15 is 0 Å². The van der Waals surface area contributed by atoms with E-state index in [1.807, 2.05) is 81.1 Å². The molecular weight excluding hydrogens is 410 g/mol. The highest BCUT2D eigenvalue weighted by Crippen LogP contribution is 2.30. The quantitative estimate of drug-likeness (QED) is 0.368. The van der Waals surface area contributed by atoms with Gasteiger partial charge in [-0.3, -0.25) is 9.36 Å². The van der Waals surface area contributed by atoms with Crippen molar-refractivity contribution >= 4 is 16.9 Å². The van der Waals surface area contributed by atoms with Crippen molar-refractivity contribution in [2.75, 3.05) is 7.11 Å². The molecule has 0 N–H and O–H groups in total. The van der Waals surface area contributed by atoms with Crippen molar-refractivity contribution in [2.24, 2.45) is 0 Å². The Labute approximate surface area is 195 Å². The molecule has 170 valence electrons. The van der Waals surface area contributed by atoms with E-state index in [4.69, 9.17) is 9.72 Å². The Bertz CT molecular complexity index is 1300. The highest BCUT2D eigenvalue weighted by molar-refractivity contribution is 5.97. The predicted octanol–water partition coefficient (Wildman–Crippen LogP) is 6.01. The lowest BCUT2D eigenvalue weighted by Gasteiger charge is -2.28. The maximum Gasteiger partial charge on any atom is 0.255 e. The van der Waals surface area contributed by atoms with Crippen molar-refractivity contribution < 1.29 is 9.53 Å². The van der Waals surface area contributed by atoms with Gasteiger partial charge in [0.2, 0.25) is 0 Å². The second-order valence-electron chi connectivity index (χ2n) is 8.82. The smallest absolute Gasteiger partial charge is 0.255 e. The zero-order chi connectivity index (χ0) is 23.7. The minimum atomic E-state index is 0.00327. The Balaban J connectivity index is 1.84. The second-order valence-corrected chi connectivity index (χ2v) is 8.82. The first-order chi connectivity index (χ1) is 15.8. The van der Waals surface area contributed by atoms with Crippen LogP contribution in [0.15, 0.2) is 60.7 Å². The van der Waals surface area contributed by atoms with Gasteiger partial charge in [-0.2, -0.15) is 0 Å². The molecule has 0 fully saturated rings. The molecule has 0 unspecified atom stereocenters. The number of nitrogens with zero attached hydrogens (tertiary/aromatic N) is 3. The summed E-state index contributed by atoms with van der Waals surface area (Å²) >= 11 is 0. The van der Waals surface area contributed by atoms with Crippen LogP contribution >= 0.6 is 0 Å². The topological polar surface area (TPSA) is 47.4 Å². The van der Waals surface area contributed by atoms with Crippen LogP contribution in [0.4, 0.5) is 0 Å². The summed E-state index contributed by atoms with van der Waals surface area (Å²) in [5.74, 6) is 1.58. The number of carbonyl (C=O) groups is 1. The van der Waals surface area contributed by atoms with E-state index in [0.29, 0.717) is 6.54 Å². The van der Waals surface area contributed by atoms with Crippen LogP contribution in [0.1, 0.15) is 46.7 Å². The van der Waals surface area contributed by atoms with Crippen molar-refractivity contribution in [1.29, 1.82) is 0 Å². The fraction of sp³-hybridized carbons (Fsp3) is 0.286. The van der Waals surface area contributed by atoms with Crippen LogP contribution in [0.5, 0.6) is 5.75 Å². The number of amides is 1. The van der Waals surface area contributed by atoms with E-state index < -0.39 is 0 Å². The zero-order valence-electron chi connectivity index (χ0n) is 20.2. The Hall–Kier alpha value is -3.60. The van der Waals surface area contributed by atoms with Gasteiger partial charge in [0, 0.05) is 11.6 Å². The molecule has 0 aliphatic rings. The van der Waals surface area contributed by atoms with Gasteiger partial charge in [-0.1, -0.05) is 42.0 Å². The highest BCUT2D eigenvalue weighted by atomic mass is 16.5. The van der Waals surface area contributed by atoms with E-state index in [9.17, 15) is 4.79 Å². The van der Waals surface area contributed by atoms with Gasteiger partial charge in [0.05, 0.1) is 30.4 Å². The van der Waals surface area contributed by atoms with E-state index in [2.05, 4.69) is 23.6 Å². The van der Waals surface area contributed by atoms with Gasteiger partial charge in [-0.15, -0.1) is 0 Å². The van der Waals surface area contributed by atoms with Crippen molar-refractivity contribution in [3.63, 3.8) is 0 Å².